The van der Waals surface area contributed by atoms with Crippen LogP contribution in [0.5, 0.6) is 0 Å². The number of hydrogen-bond donors (Lipinski definition) is 1. The van der Waals surface area contributed by atoms with E-state index in [4.69, 9.17) is 14.9 Å². The molecule has 220 valence electrons. The van der Waals surface area contributed by atoms with E-state index in [1.165, 1.54) is 6.92 Å². The number of imide groups is 1. The maximum absolute atomic E-state index is 13.3. The molecule has 0 spiro atoms. The molecule has 3 rings (SSSR count). The Kier molecular flexibility index (Phi) is 9.11. The van der Waals surface area contributed by atoms with Gasteiger partial charge < -0.3 is 9.47 Å². The van der Waals surface area contributed by atoms with Crippen molar-refractivity contribution < 1.29 is 45.4 Å². The molecule has 12 heteroatoms. The minimum atomic E-state index is -5.01. The van der Waals surface area contributed by atoms with Crippen LogP contribution in [0.4, 0.5) is 31.1 Å². The van der Waals surface area contributed by atoms with Crippen molar-refractivity contribution in [3.05, 3.63) is 70.8 Å². The maximum atomic E-state index is 13.3. The fourth-order valence-electron chi connectivity index (χ4n) is 4.15. The molecule has 1 aliphatic heterocycles. The molecule has 1 aromatic carbocycles. The molecule has 2 unspecified atom stereocenters. The monoisotopic (exact) mass is 582 g/mol. The number of likely N-dealkylation sites (tertiary alicyclic amines) is 1. The molecule has 2 amide bonds. The van der Waals surface area contributed by atoms with E-state index in [0.717, 1.165) is 4.90 Å². The number of allylic oxidation sites excluding steroid dienone is 5. The van der Waals surface area contributed by atoms with Gasteiger partial charge in [0, 0.05) is 18.3 Å². The van der Waals surface area contributed by atoms with Gasteiger partial charge in [-0.25, -0.2) is 9.69 Å². The summed E-state index contributed by atoms with van der Waals surface area (Å²) >= 11 is 0. The van der Waals surface area contributed by atoms with Gasteiger partial charge in [0.2, 0.25) is 0 Å². The van der Waals surface area contributed by atoms with Crippen LogP contribution in [0.1, 0.15) is 56.9 Å². The number of halogens is 6. The molecule has 0 radical (unpaired) electrons. The molecule has 2 aliphatic rings. The highest BCUT2D eigenvalue weighted by Gasteiger charge is 2.38. The van der Waals surface area contributed by atoms with Gasteiger partial charge in [-0.3, -0.25) is 10.2 Å². The molecule has 0 saturated carbocycles. The van der Waals surface area contributed by atoms with E-state index >= 15 is 0 Å². The molecule has 1 saturated heterocycles. The van der Waals surface area contributed by atoms with Crippen molar-refractivity contribution in [1.29, 1.82) is 5.41 Å². The van der Waals surface area contributed by atoms with E-state index in [-0.39, 0.29) is 24.6 Å². The standard InChI is InChI=1S/C29H28F6N2O4/c1-17(20-12-21(28(30,31)32)15-22(13-20)29(33,34)35)40-11-10-18-14-24(36)25(38)37(26(39)41-27(2,3)4)16-19-8-6-5-7-9-23(18)19/h5-9,12-13,15,17-18,23,36H,14,16H2,1-4H3/t17-,18?,23?/m1/s1. The minimum absolute atomic E-state index is 0.0277. The van der Waals surface area contributed by atoms with Crippen molar-refractivity contribution >= 4 is 17.7 Å². The molecular weight excluding hydrogens is 554 g/mol. The van der Waals surface area contributed by atoms with Gasteiger partial charge >= 0.3 is 18.4 Å². The average Bonchev–Trinajstić information content (AvgIpc) is 3.08. The Morgan fingerprint density at radius 1 is 1.02 bits per heavy atom. The van der Waals surface area contributed by atoms with E-state index in [1.807, 2.05) is 0 Å². The summed E-state index contributed by atoms with van der Waals surface area (Å²) in [7, 11) is 0. The van der Waals surface area contributed by atoms with Crippen LogP contribution in [0.3, 0.4) is 0 Å². The van der Waals surface area contributed by atoms with E-state index < -0.39 is 64.7 Å². The molecule has 1 aliphatic carbocycles. The second-order valence-corrected chi connectivity index (χ2v) is 10.5. The molecule has 1 N–H and O–H groups in total. The van der Waals surface area contributed by atoms with Gasteiger partial charge in [0.1, 0.15) is 17.8 Å². The Hall–Kier alpha value is -4.01. The highest BCUT2D eigenvalue weighted by Crippen LogP contribution is 2.38. The largest absolute Gasteiger partial charge is 0.443 e. The first-order chi connectivity index (χ1) is 18.9. The summed E-state index contributed by atoms with van der Waals surface area (Å²) in [6, 6.07) is 1.16. The quantitative estimate of drug-likeness (QED) is 0.295. The predicted molar refractivity (Wildman–Crippen MR) is 137 cm³/mol. The lowest BCUT2D eigenvalue weighted by Crippen LogP contribution is -2.47. The first-order valence-electron chi connectivity index (χ1n) is 12.5. The van der Waals surface area contributed by atoms with Gasteiger partial charge in [-0.2, -0.15) is 26.3 Å². The van der Waals surface area contributed by atoms with Gasteiger partial charge in [-0.1, -0.05) is 36.3 Å². The zero-order valence-electron chi connectivity index (χ0n) is 22.6. The Bertz CT molecular complexity index is 1320. The summed E-state index contributed by atoms with van der Waals surface area (Å²) in [5.74, 6) is 0.674. The number of amides is 2. The third kappa shape index (κ3) is 8.25. The number of fused-ring (bicyclic) bond motifs is 1. The lowest BCUT2D eigenvalue weighted by Gasteiger charge is -2.32. The number of carbonyl (C=O) groups excluding carboxylic acids is 2. The second kappa shape index (κ2) is 11.8. The molecule has 0 bridgehead atoms. The number of hydrogen-bond acceptors (Lipinski definition) is 5. The molecule has 3 atom stereocenters. The number of nitrogens with one attached hydrogen (secondary N) is 1. The van der Waals surface area contributed by atoms with Gasteiger partial charge in [-0.15, -0.1) is 0 Å². The van der Waals surface area contributed by atoms with Gasteiger partial charge in [-0.05, 0) is 57.0 Å². The number of rotatable bonds is 2. The first kappa shape index (κ1) is 31.5. The van der Waals surface area contributed by atoms with E-state index in [9.17, 15) is 35.9 Å². The maximum Gasteiger partial charge on any atom is 0.417 e. The summed E-state index contributed by atoms with van der Waals surface area (Å²) in [4.78, 5) is 26.6. The summed E-state index contributed by atoms with van der Waals surface area (Å²) in [5, 5.41) is 8.32. The van der Waals surface area contributed by atoms with Gasteiger partial charge in [0.05, 0.1) is 23.4 Å². The minimum Gasteiger partial charge on any atom is -0.443 e. The molecule has 1 heterocycles. The predicted octanol–water partition coefficient (Wildman–Crippen LogP) is 7.23. The van der Waals surface area contributed by atoms with E-state index in [1.54, 1.807) is 51.2 Å². The number of ether oxygens (including phenoxy) is 2. The topological polar surface area (TPSA) is 79.7 Å². The molecule has 6 nitrogen and oxygen atoms in total. The van der Waals surface area contributed by atoms with Crippen LogP contribution >= 0.6 is 0 Å². The van der Waals surface area contributed by atoms with Crippen LogP contribution in [0, 0.1) is 29.3 Å². The molecule has 41 heavy (non-hydrogen) atoms. The Balaban J connectivity index is 1.90. The van der Waals surface area contributed by atoms with Crippen LogP contribution in [0.2, 0.25) is 0 Å². The zero-order chi connectivity index (χ0) is 30.8. The summed E-state index contributed by atoms with van der Waals surface area (Å²) < 4.78 is 90.2. The smallest absolute Gasteiger partial charge is 0.417 e. The Morgan fingerprint density at radius 2 is 1.63 bits per heavy atom. The lowest BCUT2D eigenvalue weighted by molar-refractivity contribution is -0.143. The summed E-state index contributed by atoms with van der Waals surface area (Å²) in [5.41, 5.74) is -4.05. The van der Waals surface area contributed by atoms with Crippen molar-refractivity contribution in [3.8, 4) is 12.0 Å². The molecular formula is C29H28F6N2O4. The fourth-order valence-corrected chi connectivity index (χ4v) is 4.15. The Labute approximate surface area is 233 Å². The molecule has 1 fully saturated rings. The second-order valence-electron chi connectivity index (χ2n) is 10.5. The summed E-state index contributed by atoms with van der Waals surface area (Å²) in [6.45, 7) is 5.99. The van der Waals surface area contributed by atoms with Gasteiger partial charge in [0.15, 0.2) is 0 Å². The highest BCUT2D eigenvalue weighted by atomic mass is 19.4. The third-order valence-corrected chi connectivity index (χ3v) is 6.15. The normalized spacial score (nSPS) is 20.5. The van der Waals surface area contributed by atoms with Crippen LogP contribution in [-0.4, -0.2) is 34.8 Å². The van der Waals surface area contributed by atoms with Gasteiger partial charge in [0.25, 0.3) is 5.91 Å². The number of alkyl halides is 6. The zero-order valence-corrected chi connectivity index (χ0v) is 22.6. The fraction of sp³-hybridized carbons (Fsp3) is 0.414. The van der Waals surface area contributed by atoms with Crippen molar-refractivity contribution in [1.82, 2.24) is 4.90 Å². The molecule has 0 aromatic heterocycles. The lowest BCUT2D eigenvalue weighted by atomic mass is 9.81. The summed E-state index contributed by atoms with van der Waals surface area (Å²) in [6.07, 6.45) is -1.45. The first-order valence-corrected chi connectivity index (χ1v) is 12.5. The number of benzene rings is 1. The third-order valence-electron chi connectivity index (χ3n) is 6.15. The van der Waals surface area contributed by atoms with Crippen molar-refractivity contribution in [2.45, 2.75) is 58.2 Å². The van der Waals surface area contributed by atoms with Crippen LogP contribution in [-0.2, 0) is 26.6 Å². The van der Waals surface area contributed by atoms with Crippen LogP contribution in [0.25, 0.3) is 0 Å². The number of carbonyl (C=O) groups is 2. The SMILES string of the molecule is C[C@@H](OC#CC1CC(=N)C(=O)N(C(=O)OC(C)(C)C)CC2=CC=CC=CC21)c1cc(C(F)(F)F)cc(C(F)(F)F)c1. The Morgan fingerprint density at radius 3 is 2.20 bits per heavy atom. The van der Waals surface area contributed by atoms with Crippen LogP contribution < -0.4 is 0 Å². The average molecular weight is 583 g/mol. The van der Waals surface area contributed by atoms with Crippen LogP contribution in [0.15, 0.2) is 54.2 Å². The number of nitrogens with zero attached hydrogens (tertiary/aromatic N) is 1. The molecule has 1 aromatic rings. The highest BCUT2D eigenvalue weighted by molar-refractivity contribution is 6.39. The van der Waals surface area contributed by atoms with Crippen molar-refractivity contribution in [3.63, 3.8) is 0 Å². The van der Waals surface area contributed by atoms with Crippen molar-refractivity contribution in [2.24, 2.45) is 11.8 Å². The van der Waals surface area contributed by atoms with E-state index in [2.05, 4.69) is 12.0 Å². The van der Waals surface area contributed by atoms with Crippen molar-refractivity contribution in [2.75, 3.05) is 6.54 Å². The van der Waals surface area contributed by atoms with E-state index in [0.29, 0.717) is 17.7 Å².